The van der Waals surface area contributed by atoms with E-state index in [-0.39, 0.29) is 6.04 Å². The van der Waals surface area contributed by atoms with Crippen LogP contribution >= 0.6 is 0 Å². The third kappa shape index (κ3) is 2.49. The van der Waals surface area contributed by atoms with E-state index in [9.17, 15) is 0 Å². The number of benzene rings is 2. The lowest BCUT2D eigenvalue weighted by molar-refractivity contribution is 0.204. The van der Waals surface area contributed by atoms with Crippen LogP contribution in [-0.2, 0) is 6.42 Å². The van der Waals surface area contributed by atoms with E-state index >= 15 is 0 Å². The zero-order valence-corrected chi connectivity index (χ0v) is 11.2. The van der Waals surface area contributed by atoms with Crippen molar-refractivity contribution >= 4 is 0 Å². The minimum absolute atomic E-state index is 0.182. The monoisotopic (exact) mass is 253 g/mol. The number of nitrogens with two attached hydrogens (primary N) is 1. The summed E-state index contributed by atoms with van der Waals surface area (Å²) >= 11 is 0. The molecule has 2 aromatic carbocycles. The van der Waals surface area contributed by atoms with Gasteiger partial charge in [0.05, 0.1) is 6.61 Å². The molecule has 2 aromatic rings. The first kappa shape index (κ1) is 12.2. The first-order valence-corrected chi connectivity index (χ1v) is 6.81. The largest absolute Gasteiger partial charge is 0.493 e. The third-order valence-corrected chi connectivity index (χ3v) is 3.85. The average molecular weight is 253 g/mol. The van der Waals surface area contributed by atoms with Crippen molar-refractivity contribution in [3.63, 3.8) is 0 Å². The molecule has 0 radical (unpaired) electrons. The molecule has 3 rings (SSSR count). The number of ether oxygens (including phenoxy) is 1. The van der Waals surface area contributed by atoms with Gasteiger partial charge < -0.3 is 10.5 Å². The molecular weight excluding hydrogens is 234 g/mol. The van der Waals surface area contributed by atoms with Crippen LogP contribution in [0.1, 0.15) is 12.5 Å². The van der Waals surface area contributed by atoms with Gasteiger partial charge in [0.1, 0.15) is 5.75 Å². The van der Waals surface area contributed by atoms with Gasteiger partial charge in [-0.2, -0.15) is 0 Å². The summed E-state index contributed by atoms with van der Waals surface area (Å²) in [5.41, 5.74) is 9.67. The van der Waals surface area contributed by atoms with E-state index in [1.807, 2.05) is 6.07 Å². The van der Waals surface area contributed by atoms with Gasteiger partial charge >= 0.3 is 0 Å². The second-order valence-electron chi connectivity index (χ2n) is 5.32. The van der Waals surface area contributed by atoms with Crippen LogP contribution in [0.3, 0.4) is 0 Å². The van der Waals surface area contributed by atoms with Gasteiger partial charge in [-0.3, -0.25) is 0 Å². The molecule has 0 bridgehead atoms. The molecule has 0 saturated carbocycles. The van der Waals surface area contributed by atoms with Gasteiger partial charge in [-0.1, -0.05) is 42.5 Å². The Labute approximate surface area is 114 Å². The molecule has 2 N–H and O–H groups in total. The molecule has 0 saturated heterocycles. The van der Waals surface area contributed by atoms with Crippen LogP contribution in [0.15, 0.2) is 48.5 Å². The standard InChI is InChI=1S/C17H19NO/c1-12(18)16-9-15-8-7-14(10-17(15)19-11-16)13-5-3-2-4-6-13/h2-8,10,12,16H,9,11,18H2,1H3/t12-,16?/m0/s1. The SMILES string of the molecule is C[C@H](N)C1COc2cc(-c3ccccc3)ccc2C1. The molecule has 0 fully saturated rings. The Bertz CT molecular complexity index is 563. The fourth-order valence-corrected chi connectivity index (χ4v) is 2.54. The van der Waals surface area contributed by atoms with E-state index in [1.54, 1.807) is 0 Å². The molecule has 98 valence electrons. The second kappa shape index (κ2) is 5.06. The van der Waals surface area contributed by atoms with Crippen LogP contribution in [-0.4, -0.2) is 12.6 Å². The van der Waals surface area contributed by atoms with Gasteiger partial charge in [0.25, 0.3) is 0 Å². The molecule has 0 spiro atoms. The quantitative estimate of drug-likeness (QED) is 0.891. The van der Waals surface area contributed by atoms with Crippen molar-refractivity contribution in [2.24, 2.45) is 11.7 Å². The Morgan fingerprint density at radius 1 is 1.11 bits per heavy atom. The van der Waals surface area contributed by atoms with Crippen molar-refractivity contribution in [1.29, 1.82) is 0 Å². The molecule has 1 heterocycles. The lowest BCUT2D eigenvalue weighted by Crippen LogP contribution is -2.35. The van der Waals surface area contributed by atoms with E-state index in [0.717, 1.165) is 18.8 Å². The topological polar surface area (TPSA) is 35.2 Å². The predicted octanol–water partition coefficient (Wildman–Crippen LogP) is 3.25. The van der Waals surface area contributed by atoms with Crippen molar-refractivity contribution in [3.8, 4) is 16.9 Å². The maximum absolute atomic E-state index is 5.97. The molecule has 0 aromatic heterocycles. The first-order valence-electron chi connectivity index (χ1n) is 6.81. The number of fused-ring (bicyclic) bond motifs is 1. The highest BCUT2D eigenvalue weighted by atomic mass is 16.5. The fourth-order valence-electron chi connectivity index (χ4n) is 2.54. The van der Waals surface area contributed by atoms with E-state index in [4.69, 9.17) is 10.5 Å². The van der Waals surface area contributed by atoms with Gasteiger partial charge in [-0.15, -0.1) is 0 Å². The Morgan fingerprint density at radius 3 is 2.63 bits per heavy atom. The Balaban J connectivity index is 1.90. The summed E-state index contributed by atoms with van der Waals surface area (Å²) < 4.78 is 5.88. The molecule has 2 heteroatoms. The summed E-state index contributed by atoms with van der Waals surface area (Å²) in [6, 6.07) is 17.1. The Morgan fingerprint density at radius 2 is 1.89 bits per heavy atom. The maximum Gasteiger partial charge on any atom is 0.123 e. The zero-order chi connectivity index (χ0) is 13.2. The fraction of sp³-hybridized carbons (Fsp3) is 0.294. The smallest absolute Gasteiger partial charge is 0.123 e. The van der Waals surface area contributed by atoms with E-state index in [1.165, 1.54) is 16.7 Å². The van der Waals surface area contributed by atoms with Crippen LogP contribution in [0.5, 0.6) is 5.75 Å². The summed E-state index contributed by atoms with van der Waals surface area (Å²) in [6.07, 6.45) is 1.02. The highest BCUT2D eigenvalue weighted by molar-refractivity contribution is 5.66. The van der Waals surface area contributed by atoms with Gasteiger partial charge in [0.2, 0.25) is 0 Å². The second-order valence-corrected chi connectivity index (χ2v) is 5.32. The molecule has 0 amide bonds. The highest BCUT2D eigenvalue weighted by Crippen LogP contribution is 2.32. The maximum atomic E-state index is 5.97. The van der Waals surface area contributed by atoms with Crippen LogP contribution in [0, 0.1) is 5.92 Å². The van der Waals surface area contributed by atoms with Gasteiger partial charge in [-0.05, 0) is 36.1 Å². The van der Waals surface area contributed by atoms with E-state index in [0.29, 0.717) is 5.92 Å². The van der Waals surface area contributed by atoms with Gasteiger partial charge in [0, 0.05) is 12.0 Å². The summed E-state index contributed by atoms with van der Waals surface area (Å²) in [6.45, 7) is 2.78. The lowest BCUT2D eigenvalue weighted by Gasteiger charge is -2.28. The Hall–Kier alpha value is -1.80. The minimum Gasteiger partial charge on any atom is -0.493 e. The average Bonchev–Trinajstić information content (AvgIpc) is 2.47. The molecular formula is C17H19NO. The third-order valence-electron chi connectivity index (χ3n) is 3.85. The highest BCUT2D eigenvalue weighted by Gasteiger charge is 2.22. The predicted molar refractivity (Wildman–Crippen MR) is 78.2 cm³/mol. The minimum atomic E-state index is 0.182. The number of rotatable bonds is 2. The molecule has 2 atom stereocenters. The molecule has 19 heavy (non-hydrogen) atoms. The van der Waals surface area contributed by atoms with Gasteiger partial charge in [-0.25, -0.2) is 0 Å². The van der Waals surface area contributed by atoms with Crippen molar-refractivity contribution in [1.82, 2.24) is 0 Å². The van der Waals surface area contributed by atoms with Crippen LogP contribution in [0.2, 0.25) is 0 Å². The van der Waals surface area contributed by atoms with Crippen LogP contribution in [0.25, 0.3) is 11.1 Å². The first-order chi connectivity index (χ1) is 9.24. The van der Waals surface area contributed by atoms with Crippen molar-refractivity contribution < 1.29 is 4.74 Å². The molecule has 1 aliphatic rings. The molecule has 0 aliphatic carbocycles. The van der Waals surface area contributed by atoms with Crippen molar-refractivity contribution in [3.05, 3.63) is 54.1 Å². The normalized spacial score (nSPS) is 19.4. The molecule has 2 nitrogen and oxygen atoms in total. The molecule has 1 unspecified atom stereocenters. The lowest BCUT2D eigenvalue weighted by atomic mass is 9.90. The molecule has 1 aliphatic heterocycles. The van der Waals surface area contributed by atoms with E-state index < -0.39 is 0 Å². The van der Waals surface area contributed by atoms with Gasteiger partial charge in [0.15, 0.2) is 0 Å². The van der Waals surface area contributed by atoms with Crippen molar-refractivity contribution in [2.75, 3.05) is 6.61 Å². The summed E-state index contributed by atoms with van der Waals surface area (Å²) in [7, 11) is 0. The van der Waals surface area contributed by atoms with E-state index in [2.05, 4.69) is 49.4 Å². The number of hydrogen-bond acceptors (Lipinski definition) is 2. The summed E-state index contributed by atoms with van der Waals surface area (Å²) in [5.74, 6) is 1.44. The Kier molecular flexibility index (Phi) is 3.26. The van der Waals surface area contributed by atoms with Crippen molar-refractivity contribution in [2.45, 2.75) is 19.4 Å². The summed E-state index contributed by atoms with van der Waals surface area (Å²) in [4.78, 5) is 0. The van der Waals surface area contributed by atoms with Crippen LogP contribution in [0.4, 0.5) is 0 Å². The summed E-state index contributed by atoms with van der Waals surface area (Å²) in [5, 5.41) is 0. The zero-order valence-electron chi connectivity index (χ0n) is 11.2. The van der Waals surface area contributed by atoms with Crippen LogP contribution < -0.4 is 10.5 Å². The number of hydrogen-bond donors (Lipinski definition) is 1.